The Labute approximate surface area is 101 Å². The van der Waals surface area contributed by atoms with Crippen molar-refractivity contribution in [1.29, 1.82) is 0 Å². The van der Waals surface area contributed by atoms with E-state index in [1.54, 1.807) is 6.07 Å². The van der Waals surface area contributed by atoms with E-state index in [0.29, 0.717) is 5.56 Å². The molecule has 0 saturated carbocycles. The third kappa shape index (κ3) is 1.75. The van der Waals surface area contributed by atoms with Crippen LogP contribution in [0.2, 0.25) is 0 Å². The first-order valence-electron chi connectivity index (χ1n) is 5.84. The van der Waals surface area contributed by atoms with Gasteiger partial charge in [0.1, 0.15) is 0 Å². The molecular weight excluding hydrogens is 214 g/mol. The first-order chi connectivity index (χ1) is 7.84. The highest BCUT2D eigenvalue weighted by Crippen LogP contribution is 2.37. The van der Waals surface area contributed by atoms with Gasteiger partial charge in [-0.05, 0) is 37.6 Å². The summed E-state index contributed by atoms with van der Waals surface area (Å²) in [5.74, 6) is 0.0748. The van der Waals surface area contributed by atoms with E-state index in [2.05, 4.69) is 5.32 Å². The molecule has 3 nitrogen and oxygen atoms in total. The fraction of sp³-hybridized carbons (Fsp3) is 0.429. The molecule has 0 atom stereocenters. The fourth-order valence-corrected chi connectivity index (χ4v) is 2.06. The molecular formula is C14H17NO2. The Bertz CT molecular complexity index is 501. The van der Waals surface area contributed by atoms with Gasteiger partial charge in [0, 0.05) is 17.2 Å². The summed E-state index contributed by atoms with van der Waals surface area (Å²) in [5, 5.41) is 2.83. The normalized spacial score (nSPS) is 16.9. The lowest BCUT2D eigenvalue weighted by molar-refractivity contribution is -0.119. The molecule has 0 aromatic heterocycles. The maximum absolute atomic E-state index is 11.9. The van der Waals surface area contributed by atoms with E-state index < -0.39 is 5.41 Å². The van der Waals surface area contributed by atoms with Crippen LogP contribution in [0.15, 0.2) is 18.2 Å². The molecule has 1 aromatic carbocycles. The Morgan fingerprint density at radius 3 is 2.53 bits per heavy atom. The lowest BCUT2D eigenvalue weighted by Gasteiger charge is -2.16. The quantitative estimate of drug-likeness (QED) is 0.795. The van der Waals surface area contributed by atoms with Gasteiger partial charge in [0.2, 0.25) is 5.91 Å². The highest BCUT2D eigenvalue weighted by atomic mass is 16.2. The molecule has 1 aromatic rings. The van der Waals surface area contributed by atoms with Crippen molar-refractivity contribution in [2.24, 2.45) is 5.92 Å². The molecule has 0 spiro atoms. The van der Waals surface area contributed by atoms with Crippen LogP contribution >= 0.6 is 0 Å². The fourth-order valence-electron chi connectivity index (χ4n) is 2.06. The first kappa shape index (κ1) is 11.8. The Hall–Kier alpha value is -1.64. The number of amides is 1. The topological polar surface area (TPSA) is 46.2 Å². The van der Waals surface area contributed by atoms with Gasteiger partial charge in [-0.3, -0.25) is 9.59 Å². The molecule has 0 saturated heterocycles. The number of carbonyl (C=O) groups excluding carboxylic acids is 2. The molecule has 90 valence electrons. The number of Topliss-reactive ketones (excluding diaryl/α,β-unsaturated/α-hetero) is 1. The Balaban J connectivity index is 2.49. The lowest BCUT2D eigenvalue weighted by Crippen LogP contribution is -2.27. The van der Waals surface area contributed by atoms with Crippen LogP contribution in [0.3, 0.4) is 0 Å². The second-order valence-electron chi connectivity index (χ2n) is 5.36. The highest BCUT2D eigenvalue weighted by Gasteiger charge is 2.38. The van der Waals surface area contributed by atoms with Crippen molar-refractivity contribution in [3.63, 3.8) is 0 Å². The third-order valence-corrected chi connectivity index (χ3v) is 3.32. The van der Waals surface area contributed by atoms with Crippen LogP contribution in [-0.4, -0.2) is 11.7 Å². The molecule has 1 heterocycles. The Kier molecular flexibility index (Phi) is 2.57. The molecule has 1 amide bonds. The number of rotatable bonds is 2. The summed E-state index contributed by atoms with van der Waals surface area (Å²) in [7, 11) is 0. The SMILES string of the molecule is CC(C)C(=O)c1ccc2c(c1)C(C)(C)C(=O)N2. The zero-order chi connectivity index (χ0) is 12.8. The number of carbonyl (C=O) groups is 2. The van der Waals surface area contributed by atoms with E-state index in [1.807, 2.05) is 39.8 Å². The van der Waals surface area contributed by atoms with Gasteiger partial charge in [0.25, 0.3) is 0 Å². The van der Waals surface area contributed by atoms with Crippen LogP contribution < -0.4 is 5.32 Å². The van der Waals surface area contributed by atoms with Gasteiger partial charge >= 0.3 is 0 Å². The van der Waals surface area contributed by atoms with Gasteiger partial charge in [-0.25, -0.2) is 0 Å². The predicted molar refractivity (Wildman–Crippen MR) is 67.3 cm³/mol. The van der Waals surface area contributed by atoms with E-state index in [0.717, 1.165) is 11.3 Å². The average molecular weight is 231 g/mol. The molecule has 0 bridgehead atoms. The molecule has 17 heavy (non-hydrogen) atoms. The van der Waals surface area contributed by atoms with Crippen LogP contribution in [0, 0.1) is 5.92 Å². The third-order valence-electron chi connectivity index (χ3n) is 3.32. The summed E-state index contributed by atoms with van der Waals surface area (Å²) >= 11 is 0. The van der Waals surface area contributed by atoms with Gasteiger partial charge < -0.3 is 5.32 Å². The average Bonchev–Trinajstić information content (AvgIpc) is 2.49. The van der Waals surface area contributed by atoms with Gasteiger partial charge in [-0.1, -0.05) is 13.8 Å². The summed E-state index contributed by atoms with van der Waals surface area (Å²) in [6, 6.07) is 5.44. The minimum absolute atomic E-state index is 0.0124. The second kappa shape index (κ2) is 3.69. The highest BCUT2D eigenvalue weighted by molar-refractivity contribution is 6.07. The van der Waals surface area contributed by atoms with Crippen molar-refractivity contribution >= 4 is 17.4 Å². The van der Waals surface area contributed by atoms with E-state index in [9.17, 15) is 9.59 Å². The Morgan fingerprint density at radius 1 is 1.29 bits per heavy atom. The molecule has 0 fully saturated rings. The van der Waals surface area contributed by atoms with E-state index in [1.165, 1.54) is 0 Å². The molecule has 2 rings (SSSR count). The van der Waals surface area contributed by atoms with Crippen LogP contribution in [0.1, 0.15) is 43.6 Å². The summed E-state index contributed by atoms with van der Waals surface area (Å²) < 4.78 is 0. The van der Waals surface area contributed by atoms with Gasteiger partial charge in [-0.15, -0.1) is 0 Å². The largest absolute Gasteiger partial charge is 0.325 e. The van der Waals surface area contributed by atoms with Crippen molar-refractivity contribution in [3.8, 4) is 0 Å². The van der Waals surface area contributed by atoms with Gasteiger partial charge in [-0.2, -0.15) is 0 Å². The summed E-state index contributed by atoms with van der Waals surface area (Å²) in [6.07, 6.45) is 0. The number of hydrogen-bond acceptors (Lipinski definition) is 2. The summed E-state index contributed by atoms with van der Waals surface area (Å²) in [4.78, 5) is 23.7. The van der Waals surface area contributed by atoms with Crippen LogP contribution in [0.25, 0.3) is 0 Å². The maximum atomic E-state index is 11.9. The lowest BCUT2D eigenvalue weighted by atomic mass is 9.84. The number of anilines is 1. The van der Waals surface area contributed by atoms with Crippen molar-refractivity contribution in [3.05, 3.63) is 29.3 Å². The van der Waals surface area contributed by atoms with Crippen LogP contribution in [-0.2, 0) is 10.2 Å². The zero-order valence-corrected chi connectivity index (χ0v) is 10.6. The van der Waals surface area contributed by atoms with Crippen molar-refractivity contribution < 1.29 is 9.59 Å². The van der Waals surface area contributed by atoms with Gasteiger partial charge in [0.15, 0.2) is 5.78 Å². The van der Waals surface area contributed by atoms with Crippen molar-refractivity contribution in [2.45, 2.75) is 33.1 Å². The monoisotopic (exact) mass is 231 g/mol. The molecule has 0 unspecified atom stereocenters. The number of hydrogen-bond donors (Lipinski definition) is 1. The minimum Gasteiger partial charge on any atom is -0.325 e. The van der Waals surface area contributed by atoms with Crippen LogP contribution in [0.5, 0.6) is 0 Å². The summed E-state index contributed by atoms with van der Waals surface area (Å²) in [6.45, 7) is 7.50. The molecule has 1 N–H and O–H groups in total. The molecule has 0 aliphatic carbocycles. The molecule has 3 heteroatoms. The van der Waals surface area contributed by atoms with E-state index in [4.69, 9.17) is 0 Å². The van der Waals surface area contributed by atoms with E-state index in [-0.39, 0.29) is 17.6 Å². The van der Waals surface area contributed by atoms with Crippen LogP contribution in [0.4, 0.5) is 5.69 Å². The summed E-state index contributed by atoms with van der Waals surface area (Å²) in [5.41, 5.74) is 1.86. The Morgan fingerprint density at radius 2 is 1.94 bits per heavy atom. The number of nitrogens with one attached hydrogen (secondary N) is 1. The minimum atomic E-state index is -0.553. The zero-order valence-electron chi connectivity index (χ0n) is 10.6. The molecule has 0 radical (unpaired) electrons. The second-order valence-corrected chi connectivity index (χ2v) is 5.36. The smallest absolute Gasteiger partial charge is 0.234 e. The molecule has 1 aliphatic heterocycles. The van der Waals surface area contributed by atoms with Gasteiger partial charge in [0.05, 0.1) is 5.41 Å². The maximum Gasteiger partial charge on any atom is 0.234 e. The first-order valence-corrected chi connectivity index (χ1v) is 5.84. The standard InChI is InChI=1S/C14H17NO2/c1-8(2)12(16)9-5-6-11-10(7-9)14(3,4)13(17)15-11/h5-8H,1-4H3,(H,15,17). The molecule has 1 aliphatic rings. The van der Waals surface area contributed by atoms with Crippen molar-refractivity contribution in [1.82, 2.24) is 0 Å². The number of benzene rings is 1. The van der Waals surface area contributed by atoms with Crippen molar-refractivity contribution in [2.75, 3.05) is 5.32 Å². The van der Waals surface area contributed by atoms with E-state index >= 15 is 0 Å². The number of ketones is 1. The number of fused-ring (bicyclic) bond motifs is 1. The predicted octanol–water partition coefficient (Wildman–Crippen LogP) is 2.76.